The van der Waals surface area contributed by atoms with Gasteiger partial charge in [0.25, 0.3) is 0 Å². The van der Waals surface area contributed by atoms with Crippen LogP contribution in [0.15, 0.2) is 22.7 Å². The van der Waals surface area contributed by atoms with Crippen molar-refractivity contribution in [2.45, 2.75) is 37.9 Å². The van der Waals surface area contributed by atoms with E-state index in [-0.39, 0.29) is 0 Å². The number of ether oxygens (including phenoxy) is 2. The minimum Gasteiger partial charge on any atom is -0.390 e. The maximum atomic E-state index is 10.7. The predicted octanol–water partition coefficient (Wildman–Crippen LogP) is 3.59. The molecule has 0 saturated carbocycles. The molecule has 0 radical (unpaired) electrons. The van der Waals surface area contributed by atoms with E-state index in [0.717, 1.165) is 22.9 Å². The van der Waals surface area contributed by atoms with E-state index in [1.54, 1.807) is 0 Å². The Balaban J connectivity index is 2.13. The van der Waals surface area contributed by atoms with Crippen molar-refractivity contribution in [3.8, 4) is 0 Å². The molecule has 5 heteroatoms. The maximum Gasteiger partial charge on any atom is 0.0987 e. The molecule has 0 aliphatic carbocycles. The van der Waals surface area contributed by atoms with Crippen LogP contribution in [0, 0.1) is 0 Å². The first kappa shape index (κ1) is 16.2. The molecule has 1 aliphatic rings. The lowest BCUT2D eigenvalue weighted by Gasteiger charge is -2.40. The second kappa shape index (κ2) is 7.23. The second-order valence-corrected chi connectivity index (χ2v) is 6.39. The van der Waals surface area contributed by atoms with Crippen LogP contribution in [0.5, 0.6) is 0 Å². The van der Waals surface area contributed by atoms with Crippen LogP contribution in [0.1, 0.15) is 25.3 Å². The van der Waals surface area contributed by atoms with Gasteiger partial charge >= 0.3 is 0 Å². The molecule has 112 valence electrons. The third-order valence-electron chi connectivity index (χ3n) is 3.81. The van der Waals surface area contributed by atoms with Crippen molar-refractivity contribution >= 4 is 27.5 Å². The molecule has 3 nitrogen and oxygen atoms in total. The number of hydrogen-bond acceptors (Lipinski definition) is 3. The van der Waals surface area contributed by atoms with Gasteiger partial charge in [0, 0.05) is 48.6 Å². The average Bonchev–Trinajstić information content (AvgIpc) is 2.43. The summed E-state index contributed by atoms with van der Waals surface area (Å²) in [5, 5.41) is 11.3. The molecule has 0 bridgehead atoms. The van der Waals surface area contributed by atoms with E-state index >= 15 is 0 Å². The highest BCUT2D eigenvalue weighted by Crippen LogP contribution is 2.32. The summed E-state index contributed by atoms with van der Waals surface area (Å²) in [6, 6.07) is 5.72. The quantitative estimate of drug-likeness (QED) is 0.869. The third-order valence-corrected chi connectivity index (χ3v) is 4.65. The Morgan fingerprint density at radius 2 is 2.15 bits per heavy atom. The Hall–Kier alpha value is -0.130. The molecule has 0 aromatic heterocycles. The number of halogens is 2. The maximum absolute atomic E-state index is 10.7. The fourth-order valence-electron chi connectivity index (χ4n) is 2.66. The van der Waals surface area contributed by atoms with E-state index < -0.39 is 11.7 Å². The van der Waals surface area contributed by atoms with Crippen LogP contribution in [0.4, 0.5) is 0 Å². The summed E-state index contributed by atoms with van der Waals surface area (Å²) in [5.74, 6) is 0. The van der Waals surface area contributed by atoms with Gasteiger partial charge in [-0.15, -0.1) is 0 Å². The first-order valence-corrected chi connectivity index (χ1v) is 8.08. The van der Waals surface area contributed by atoms with Gasteiger partial charge in [-0.3, -0.25) is 0 Å². The van der Waals surface area contributed by atoms with Gasteiger partial charge in [-0.2, -0.15) is 0 Å². The first-order valence-electron chi connectivity index (χ1n) is 6.91. The van der Waals surface area contributed by atoms with Gasteiger partial charge in [0.15, 0.2) is 0 Å². The molecule has 1 unspecified atom stereocenters. The molecule has 2 rings (SSSR count). The van der Waals surface area contributed by atoms with Crippen LogP contribution in [-0.2, 0) is 15.9 Å². The smallest absolute Gasteiger partial charge is 0.0987 e. The van der Waals surface area contributed by atoms with Crippen molar-refractivity contribution in [1.82, 2.24) is 0 Å². The molecule has 0 amide bonds. The highest BCUT2D eigenvalue weighted by molar-refractivity contribution is 9.10. The van der Waals surface area contributed by atoms with E-state index in [4.69, 9.17) is 21.1 Å². The molecule has 20 heavy (non-hydrogen) atoms. The number of hydrogen-bond donors (Lipinski definition) is 1. The topological polar surface area (TPSA) is 38.7 Å². The van der Waals surface area contributed by atoms with Crippen LogP contribution in [0.3, 0.4) is 0 Å². The minimum absolute atomic E-state index is 0.492. The lowest BCUT2D eigenvalue weighted by Crippen LogP contribution is -2.50. The van der Waals surface area contributed by atoms with Gasteiger partial charge in [-0.05, 0) is 24.6 Å². The third kappa shape index (κ3) is 3.74. The molecule has 0 spiro atoms. The van der Waals surface area contributed by atoms with Crippen molar-refractivity contribution in [2.75, 3.05) is 19.8 Å². The molecule has 1 atom stereocenters. The van der Waals surface area contributed by atoms with Crippen LogP contribution in [-0.4, -0.2) is 36.6 Å². The highest BCUT2D eigenvalue weighted by atomic mass is 79.9. The minimum atomic E-state index is -0.579. The summed E-state index contributed by atoms with van der Waals surface area (Å²) >= 11 is 9.61. The molecule has 1 aromatic rings. The van der Waals surface area contributed by atoms with Gasteiger partial charge in [0.05, 0.1) is 11.7 Å². The van der Waals surface area contributed by atoms with Crippen LogP contribution < -0.4 is 0 Å². The molecule has 1 heterocycles. The zero-order chi connectivity index (χ0) is 14.6. The van der Waals surface area contributed by atoms with Gasteiger partial charge < -0.3 is 14.6 Å². The Labute approximate surface area is 133 Å². The second-order valence-electron chi connectivity index (χ2n) is 5.07. The fourth-order valence-corrected chi connectivity index (χ4v) is 3.41. The van der Waals surface area contributed by atoms with Crippen molar-refractivity contribution in [2.24, 2.45) is 0 Å². The van der Waals surface area contributed by atoms with E-state index in [0.29, 0.717) is 31.3 Å². The SMILES string of the molecule is CCOC1(C(O)Cc2ccc(Br)cc2Cl)CCOCC1. The van der Waals surface area contributed by atoms with E-state index in [1.165, 1.54) is 0 Å². The Morgan fingerprint density at radius 3 is 2.75 bits per heavy atom. The molecule has 1 N–H and O–H groups in total. The number of aliphatic hydroxyl groups excluding tert-OH is 1. The van der Waals surface area contributed by atoms with Crippen LogP contribution in [0.25, 0.3) is 0 Å². The lowest BCUT2D eigenvalue weighted by atomic mass is 9.84. The standard InChI is InChI=1S/C15H20BrClO3/c1-2-20-15(5-7-19-8-6-15)14(18)9-11-3-4-12(16)10-13(11)17/h3-4,10,14,18H,2,5-9H2,1H3. The molecule has 1 aromatic carbocycles. The summed E-state index contributed by atoms with van der Waals surface area (Å²) in [5.41, 5.74) is 0.427. The highest BCUT2D eigenvalue weighted by Gasteiger charge is 2.40. The fraction of sp³-hybridized carbons (Fsp3) is 0.600. The van der Waals surface area contributed by atoms with Crippen LogP contribution >= 0.6 is 27.5 Å². The molecule has 1 fully saturated rings. The zero-order valence-corrected chi connectivity index (χ0v) is 13.9. The monoisotopic (exact) mass is 362 g/mol. The summed E-state index contributed by atoms with van der Waals surface area (Å²) in [6.45, 7) is 3.80. The van der Waals surface area contributed by atoms with E-state index in [9.17, 15) is 5.11 Å². The molecule has 1 aliphatic heterocycles. The zero-order valence-electron chi connectivity index (χ0n) is 11.6. The van der Waals surface area contributed by atoms with E-state index in [2.05, 4.69) is 15.9 Å². The number of rotatable bonds is 5. The largest absolute Gasteiger partial charge is 0.390 e. The summed E-state index contributed by atoms with van der Waals surface area (Å²) < 4.78 is 12.2. The Kier molecular flexibility index (Phi) is 5.87. The average molecular weight is 364 g/mol. The van der Waals surface area contributed by atoms with Crippen LogP contribution in [0.2, 0.25) is 5.02 Å². The number of aliphatic hydroxyl groups is 1. The molecular weight excluding hydrogens is 344 g/mol. The summed E-state index contributed by atoms with van der Waals surface area (Å²) in [6.07, 6.45) is 1.35. The van der Waals surface area contributed by atoms with Crippen molar-refractivity contribution < 1.29 is 14.6 Å². The van der Waals surface area contributed by atoms with Gasteiger partial charge in [0.1, 0.15) is 0 Å². The first-order chi connectivity index (χ1) is 9.57. The van der Waals surface area contributed by atoms with Crippen molar-refractivity contribution in [3.05, 3.63) is 33.3 Å². The Morgan fingerprint density at radius 1 is 1.45 bits per heavy atom. The van der Waals surface area contributed by atoms with Crippen molar-refractivity contribution in [1.29, 1.82) is 0 Å². The molecule has 1 saturated heterocycles. The van der Waals surface area contributed by atoms with Crippen molar-refractivity contribution in [3.63, 3.8) is 0 Å². The van der Waals surface area contributed by atoms with Gasteiger partial charge in [-0.1, -0.05) is 33.6 Å². The predicted molar refractivity (Wildman–Crippen MR) is 83.3 cm³/mol. The van der Waals surface area contributed by atoms with E-state index in [1.807, 2.05) is 25.1 Å². The van der Waals surface area contributed by atoms with Gasteiger partial charge in [-0.25, -0.2) is 0 Å². The lowest BCUT2D eigenvalue weighted by molar-refractivity contribution is -0.165. The van der Waals surface area contributed by atoms with Gasteiger partial charge in [0.2, 0.25) is 0 Å². The normalized spacial score (nSPS) is 19.8. The molecular formula is C15H20BrClO3. The summed E-state index contributed by atoms with van der Waals surface area (Å²) in [4.78, 5) is 0. The number of benzene rings is 1. The summed E-state index contributed by atoms with van der Waals surface area (Å²) in [7, 11) is 0. The Bertz CT molecular complexity index is 441.